The zero-order chi connectivity index (χ0) is 33.6. The number of hydrogen-bond donors (Lipinski definition) is 3. The van der Waals surface area contributed by atoms with Crippen molar-refractivity contribution in [1.29, 1.82) is 0 Å². The lowest BCUT2D eigenvalue weighted by molar-refractivity contribution is 0.611. The molecule has 0 aliphatic rings. The SMILES string of the molecule is CC/C=C/C=C/C=C/C=C/C=N/NN=O.CCCC/C=C/C=C/C=C/C=N/NN=O.CCCCCCCC/C=C/C=N/NN=O. The highest BCUT2D eigenvalue weighted by Crippen LogP contribution is 2.06. The number of nitrogens with one attached hydrogen (secondary N) is 3. The quantitative estimate of drug-likeness (QED) is 0.0301. The van der Waals surface area contributed by atoms with Gasteiger partial charge in [-0.1, -0.05) is 145 Å². The van der Waals surface area contributed by atoms with Crippen molar-refractivity contribution in [2.24, 2.45) is 31.2 Å². The molecule has 0 heterocycles. The molecule has 12 heteroatoms. The van der Waals surface area contributed by atoms with Crippen LogP contribution in [0.3, 0.4) is 0 Å². The van der Waals surface area contributed by atoms with Gasteiger partial charge >= 0.3 is 0 Å². The van der Waals surface area contributed by atoms with E-state index >= 15 is 0 Å². The molecule has 0 atom stereocenters. The van der Waals surface area contributed by atoms with Gasteiger partial charge in [-0.05, 0) is 43.9 Å². The van der Waals surface area contributed by atoms with Gasteiger partial charge in [0.05, 0.1) is 15.9 Å². The van der Waals surface area contributed by atoms with Crippen molar-refractivity contribution in [3.8, 4) is 0 Å². The molecule has 0 bridgehead atoms. The Bertz CT molecular complexity index is 978. The van der Waals surface area contributed by atoms with Crippen LogP contribution >= 0.6 is 0 Å². The summed E-state index contributed by atoms with van der Waals surface area (Å²) in [4.78, 5) is 28.6. The molecule has 0 saturated carbocycles. The number of allylic oxidation sites excluding steroid dienone is 16. The van der Waals surface area contributed by atoms with Crippen molar-refractivity contribution in [3.63, 3.8) is 0 Å². The number of nitrogens with zero attached hydrogens (tertiary/aromatic N) is 6. The van der Waals surface area contributed by atoms with E-state index in [9.17, 15) is 14.7 Å². The average molecular weight is 624 g/mol. The summed E-state index contributed by atoms with van der Waals surface area (Å²) < 4.78 is 0. The molecule has 0 aromatic carbocycles. The third-order valence-corrected chi connectivity index (χ3v) is 4.98. The molecule has 0 fully saturated rings. The Kier molecular flexibility index (Phi) is 48.4. The zero-order valence-electron chi connectivity index (χ0n) is 27.2. The van der Waals surface area contributed by atoms with Gasteiger partial charge in [0, 0.05) is 18.6 Å². The van der Waals surface area contributed by atoms with E-state index in [4.69, 9.17) is 0 Å². The fraction of sp³-hybridized carbons (Fsp3) is 0.424. The maximum absolute atomic E-state index is 9.57. The van der Waals surface area contributed by atoms with Crippen LogP contribution in [0, 0.1) is 14.7 Å². The maximum Gasteiger partial charge on any atom is 0.0722 e. The topological polar surface area (TPSA) is 161 Å². The second-order valence-corrected chi connectivity index (χ2v) is 8.72. The predicted molar refractivity (Wildman–Crippen MR) is 193 cm³/mol. The Labute approximate surface area is 269 Å². The van der Waals surface area contributed by atoms with Crippen LogP contribution in [0.15, 0.2) is 128 Å². The molecular formula is C33H53N9O3. The second kappa shape index (κ2) is 48.8. The van der Waals surface area contributed by atoms with Gasteiger partial charge in [0.2, 0.25) is 0 Å². The average Bonchev–Trinajstić information content (AvgIpc) is 3.06. The molecular weight excluding hydrogens is 570 g/mol. The fourth-order valence-electron chi connectivity index (χ4n) is 2.82. The lowest BCUT2D eigenvalue weighted by atomic mass is 10.1. The first-order valence-corrected chi connectivity index (χ1v) is 15.3. The Hall–Kier alpha value is -4.87. The smallest absolute Gasteiger partial charge is 0.0722 e. The lowest BCUT2D eigenvalue weighted by Gasteiger charge is -1.96. The van der Waals surface area contributed by atoms with E-state index in [1.807, 2.05) is 77.4 Å². The molecule has 0 aromatic heterocycles. The van der Waals surface area contributed by atoms with Gasteiger partial charge in [0.15, 0.2) is 0 Å². The molecule has 45 heavy (non-hydrogen) atoms. The van der Waals surface area contributed by atoms with Gasteiger partial charge in [-0.25, -0.2) is 0 Å². The summed E-state index contributed by atoms with van der Waals surface area (Å²) in [6, 6.07) is 0. The molecule has 0 unspecified atom stereocenters. The minimum absolute atomic E-state index is 1.04. The fourth-order valence-corrected chi connectivity index (χ4v) is 2.82. The molecule has 0 radical (unpaired) electrons. The van der Waals surface area contributed by atoms with E-state index in [1.165, 1.54) is 70.0 Å². The molecule has 0 spiro atoms. The zero-order valence-corrected chi connectivity index (χ0v) is 27.2. The highest BCUT2D eigenvalue weighted by molar-refractivity contribution is 5.71. The van der Waals surface area contributed by atoms with Crippen LogP contribution in [0.25, 0.3) is 0 Å². The van der Waals surface area contributed by atoms with Crippen LogP contribution in [0.4, 0.5) is 0 Å². The minimum atomic E-state index is 1.04. The Morgan fingerprint density at radius 1 is 0.400 bits per heavy atom. The summed E-state index contributed by atoms with van der Waals surface area (Å²) in [6.07, 6.45) is 48.6. The molecule has 12 nitrogen and oxygen atoms in total. The predicted octanol–water partition coefficient (Wildman–Crippen LogP) is 9.53. The molecule has 0 aliphatic carbocycles. The van der Waals surface area contributed by atoms with Gasteiger partial charge in [-0.15, -0.1) is 14.7 Å². The van der Waals surface area contributed by atoms with E-state index in [-0.39, 0.29) is 0 Å². The Morgan fingerprint density at radius 2 is 0.778 bits per heavy atom. The van der Waals surface area contributed by atoms with E-state index < -0.39 is 0 Å². The highest BCUT2D eigenvalue weighted by atomic mass is 16.3. The van der Waals surface area contributed by atoms with Gasteiger partial charge in [-0.2, -0.15) is 31.9 Å². The van der Waals surface area contributed by atoms with Crippen LogP contribution in [-0.2, 0) is 0 Å². The first-order valence-electron chi connectivity index (χ1n) is 15.3. The van der Waals surface area contributed by atoms with E-state index in [2.05, 4.69) is 70.2 Å². The van der Waals surface area contributed by atoms with Crippen LogP contribution in [0.1, 0.15) is 91.4 Å². The van der Waals surface area contributed by atoms with Crippen molar-refractivity contribution in [3.05, 3.63) is 112 Å². The summed E-state index contributed by atoms with van der Waals surface area (Å²) in [6.45, 7) is 6.49. The summed E-state index contributed by atoms with van der Waals surface area (Å²) in [5.41, 5.74) is 5.80. The minimum Gasteiger partial charge on any atom is -0.164 e. The molecule has 248 valence electrons. The van der Waals surface area contributed by atoms with Crippen LogP contribution in [0.2, 0.25) is 0 Å². The molecule has 3 N–H and O–H groups in total. The third kappa shape index (κ3) is 55.7. The van der Waals surface area contributed by atoms with E-state index in [0.29, 0.717) is 0 Å². The first-order chi connectivity index (χ1) is 22.2. The molecule has 0 saturated heterocycles. The summed E-state index contributed by atoms with van der Waals surface area (Å²) in [5.74, 6) is 0. The number of rotatable bonds is 25. The number of hydrazone groups is 3. The Morgan fingerprint density at radius 3 is 1.27 bits per heavy atom. The van der Waals surface area contributed by atoms with Gasteiger partial charge in [0.1, 0.15) is 0 Å². The number of nitroso groups, excluding NO2 is 3. The monoisotopic (exact) mass is 623 g/mol. The second-order valence-electron chi connectivity index (χ2n) is 8.72. The molecule has 0 aromatic rings. The third-order valence-electron chi connectivity index (χ3n) is 4.98. The van der Waals surface area contributed by atoms with Gasteiger partial charge in [-0.3, -0.25) is 0 Å². The first kappa shape index (κ1) is 44.6. The standard InChI is InChI=1S/C11H21N3O.C11H17N3O.C11H15N3O/c3*1-2-3-4-5-6-7-8-9-10-11-12-13-14-15/h9-11H,2-8H2,1H3,(H,13,15);5-11H,2-4H2,1H3,(H,13,15);3-11H,2H2,1H3,(H,13,15)/b10-9+,12-11+;6-5+,8-7+,10-9+,12-11+;4-3+,6-5+,8-7+,10-9+,12-11+. The maximum atomic E-state index is 9.57. The van der Waals surface area contributed by atoms with Gasteiger partial charge in [0.25, 0.3) is 0 Å². The number of hydrogen-bond acceptors (Lipinski definition) is 9. The van der Waals surface area contributed by atoms with Crippen molar-refractivity contribution in [1.82, 2.24) is 16.6 Å². The lowest BCUT2D eigenvalue weighted by Crippen LogP contribution is -1.89. The van der Waals surface area contributed by atoms with E-state index in [0.717, 1.165) is 19.3 Å². The molecule has 0 amide bonds. The van der Waals surface area contributed by atoms with Crippen LogP contribution < -0.4 is 16.6 Å². The Balaban J connectivity index is -0.000000588. The van der Waals surface area contributed by atoms with Crippen molar-refractivity contribution < 1.29 is 0 Å². The highest BCUT2D eigenvalue weighted by Gasteiger charge is 1.87. The summed E-state index contributed by atoms with van der Waals surface area (Å²) >= 11 is 0. The number of unbranched alkanes of at least 4 members (excludes halogenated alkanes) is 8. The normalized spacial score (nSPS) is 12.2. The molecule has 0 aliphatic heterocycles. The van der Waals surface area contributed by atoms with Crippen molar-refractivity contribution in [2.45, 2.75) is 91.4 Å². The van der Waals surface area contributed by atoms with Crippen LogP contribution in [-0.4, -0.2) is 18.6 Å². The van der Waals surface area contributed by atoms with E-state index in [1.54, 1.807) is 18.2 Å². The van der Waals surface area contributed by atoms with Crippen molar-refractivity contribution >= 4 is 18.6 Å². The van der Waals surface area contributed by atoms with Gasteiger partial charge < -0.3 is 0 Å². The summed E-state index contributed by atoms with van der Waals surface area (Å²) in [7, 11) is 0. The summed E-state index contributed by atoms with van der Waals surface area (Å²) in [5, 5.41) is 17.5. The largest absolute Gasteiger partial charge is 0.164 e. The van der Waals surface area contributed by atoms with Crippen molar-refractivity contribution in [2.75, 3.05) is 0 Å². The van der Waals surface area contributed by atoms with Crippen LogP contribution in [0.5, 0.6) is 0 Å². The molecule has 0 rings (SSSR count).